The summed E-state index contributed by atoms with van der Waals surface area (Å²) >= 11 is 12.1. The molecule has 28 heavy (non-hydrogen) atoms. The molecule has 0 radical (unpaired) electrons. The van der Waals surface area contributed by atoms with E-state index in [0.717, 1.165) is 50.3 Å². The van der Waals surface area contributed by atoms with E-state index in [1.807, 2.05) is 24.3 Å². The molecular weight excluding hydrogens is 397 g/mol. The van der Waals surface area contributed by atoms with Crippen LogP contribution < -0.4 is 14.8 Å². The van der Waals surface area contributed by atoms with E-state index in [2.05, 4.69) is 12.2 Å². The van der Waals surface area contributed by atoms with Gasteiger partial charge in [-0.05, 0) is 49.2 Å². The Morgan fingerprint density at radius 2 is 1.79 bits per heavy atom. The molecule has 1 N–H and O–H groups in total. The minimum atomic E-state index is 0.349. The summed E-state index contributed by atoms with van der Waals surface area (Å²) in [6, 6.07) is 11.3. The Bertz CT molecular complexity index is 725. The predicted molar refractivity (Wildman–Crippen MR) is 116 cm³/mol. The van der Waals surface area contributed by atoms with E-state index in [0.29, 0.717) is 28.2 Å². The molecule has 0 saturated carbocycles. The van der Waals surface area contributed by atoms with Gasteiger partial charge in [0.05, 0.1) is 7.11 Å². The van der Waals surface area contributed by atoms with Gasteiger partial charge >= 0.3 is 0 Å². The van der Waals surface area contributed by atoms with Crippen LogP contribution in [0.3, 0.4) is 0 Å². The molecule has 0 atom stereocenters. The molecule has 0 spiro atoms. The summed E-state index contributed by atoms with van der Waals surface area (Å²) in [5.41, 5.74) is 2.01. The minimum absolute atomic E-state index is 0.349. The van der Waals surface area contributed by atoms with Crippen molar-refractivity contribution in [2.45, 2.75) is 39.3 Å². The van der Waals surface area contributed by atoms with Crippen molar-refractivity contribution in [1.82, 2.24) is 5.32 Å². The Labute approximate surface area is 178 Å². The van der Waals surface area contributed by atoms with Gasteiger partial charge in [-0.15, -0.1) is 0 Å². The van der Waals surface area contributed by atoms with E-state index in [4.69, 9.17) is 37.4 Å². The Balaban J connectivity index is 1.79. The Morgan fingerprint density at radius 1 is 0.964 bits per heavy atom. The second-order valence-electron chi connectivity index (χ2n) is 6.51. The van der Waals surface area contributed by atoms with E-state index in [1.165, 1.54) is 6.42 Å². The zero-order valence-electron chi connectivity index (χ0n) is 16.6. The number of ether oxygens (including phenoxy) is 3. The van der Waals surface area contributed by atoms with Crippen molar-refractivity contribution < 1.29 is 14.2 Å². The molecule has 2 rings (SSSR count). The number of methoxy groups -OCH3 is 1. The summed E-state index contributed by atoms with van der Waals surface area (Å²) in [5.74, 6) is 1.38. The van der Waals surface area contributed by atoms with Crippen LogP contribution in [0.2, 0.25) is 10.0 Å². The molecule has 0 aliphatic heterocycles. The summed E-state index contributed by atoms with van der Waals surface area (Å²) in [4.78, 5) is 0. The highest BCUT2D eigenvalue weighted by atomic mass is 35.5. The summed E-state index contributed by atoms with van der Waals surface area (Å²) in [7, 11) is 1.64. The molecule has 0 amide bonds. The number of hydrogen-bond acceptors (Lipinski definition) is 4. The maximum absolute atomic E-state index is 6.20. The standard InChI is InChI=1S/C22H29Cl2NO3/c1-3-4-11-27-12-5-10-25-15-17-6-9-21(22(13-17)26-2)28-16-18-7-8-19(23)14-20(18)24/h6-9,13-14,25H,3-5,10-12,15-16H2,1-2H3. The van der Waals surface area contributed by atoms with Gasteiger partial charge in [0.25, 0.3) is 0 Å². The highest BCUT2D eigenvalue weighted by Crippen LogP contribution is 2.30. The van der Waals surface area contributed by atoms with Gasteiger partial charge in [-0.25, -0.2) is 0 Å². The lowest BCUT2D eigenvalue weighted by Gasteiger charge is -2.13. The SMILES string of the molecule is CCCCOCCCNCc1ccc(OCc2ccc(Cl)cc2Cl)c(OC)c1. The van der Waals surface area contributed by atoms with Crippen LogP contribution in [0.15, 0.2) is 36.4 Å². The number of hydrogen-bond donors (Lipinski definition) is 1. The van der Waals surface area contributed by atoms with Crippen LogP contribution in [-0.2, 0) is 17.9 Å². The van der Waals surface area contributed by atoms with Crippen molar-refractivity contribution in [2.75, 3.05) is 26.9 Å². The molecule has 0 aromatic heterocycles. The first-order chi connectivity index (χ1) is 13.6. The summed E-state index contributed by atoms with van der Waals surface area (Å²) < 4.78 is 16.9. The number of unbranched alkanes of at least 4 members (excludes halogenated alkanes) is 1. The minimum Gasteiger partial charge on any atom is -0.493 e. The molecule has 2 aromatic carbocycles. The third-order valence-electron chi connectivity index (χ3n) is 4.24. The van der Waals surface area contributed by atoms with Crippen LogP contribution in [0.5, 0.6) is 11.5 Å². The lowest BCUT2D eigenvalue weighted by atomic mass is 10.2. The predicted octanol–water partition coefficient (Wildman–Crippen LogP) is 5.88. The van der Waals surface area contributed by atoms with Gasteiger partial charge in [0.2, 0.25) is 0 Å². The zero-order chi connectivity index (χ0) is 20.2. The van der Waals surface area contributed by atoms with Crippen LogP contribution in [-0.4, -0.2) is 26.9 Å². The molecule has 6 heteroatoms. The van der Waals surface area contributed by atoms with Gasteiger partial charge < -0.3 is 19.5 Å². The van der Waals surface area contributed by atoms with E-state index in [1.54, 1.807) is 19.2 Å². The summed E-state index contributed by atoms with van der Waals surface area (Å²) in [6.45, 7) is 5.87. The van der Waals surface area contributed by atoms with Crippen molar-refractivity contribution in [3.05, 3.63) is 57.6 Å². The molecule has 4 nitrogen and oxygen atoms in total. The van der Waals surface area contributed by atoms with Crippen molar-refractivity contribution in [1.29, 1.82) is 0 Å². The van der Waals surface area contributed by atoms with Crippen LogP contribution in [0.4, 0.5) is 0 Å². The zero-order valence-corrected chi connectivity index (χ0v) is 18.1. The van der Waals surface area contributed by atoms with Gasteiger partial charge in [0.15, 0.2) is 11.5 Å². The fourth-order valence-corrected chi connectivity index (χ4v) is 3.08. The number of nitrogens with one attached hydrogen (secondary N) is 1. The second kappa shape index (κ2) is 12.9. The highest BCUT2D eigenvalue weighted by molar-refractivity contribution is 6.35. The van der Waals surface area contributed by atoms with Gasteiger partial charge in [-0.3, -0.25) is 0 Å². The van der Waals surface area contributed by atoms with Gasteiger partial charge in [-0.2, -0.15) is 0 Å². The smallest absolute Gasteiger partial charge is 0.161 e. The maximum Gasteiger partial charge on any atom is 0.161 e. The van der Waals surface area contributed by atoms with E-state index < -0.39 is 0 Å². The van der Waals surface area contributed by atoms with E-state index >= 15 is 0 Å². The Kier molecular flexibility index (Phi) is 10.5. The molecule has 0 unspecified atom stereocenters. The van der Waals surface area contributed by atoms with Crippen molar-refractivity contribution in [3.63, 3.8) is 0 Å². The maximum atomic E-state index is 6.20. The fraction of sp³-hybridized carbons (Fsp3) is 0.455. The molecule has 0 aliphatic carbocycles. The first-order valence-corrected chi connectivity index (χ1v) is 10.4. The van der Waals surface area contributed by atoms with Crippen LogP contribution in [0.1, 0.15) is 37.3 Å². The van der Waals surface area contributed by atoms with Gasteiger partial charge in [0, 0.05) is 35.4 Å². The molecule has 2 aromatic rings. The van der Waals surface area contributed by atoms with Gasteiger partial charge in [-0.1, -0.05) is 48.7 Å². The van der Waals surface area contributed by atoms with Crippen LogP contribution in [0, 0.1) is 0 Å². The molecule has 0 bridgehead atoms. The molecular formula is C22H29Cl2NO3. The lowest BCUT2D eigenvalue weighted by Crippen LogP contribution is -2.16. The van der Waals surface area contributed by atoms with Gasteiger partial charge in [0.1, 0.15) is 6.61 Å². The van der Waals surface area contributed by atoms with E-state index in [-0.39, 0.29) is 0 Å². The third kappa shape index (κ3) is 7.88. The Morgan fingerprint density at radius 3 is 2.54 bits per heavy atom. The molecule has 0 fully saturated rings. The summed E-state index contributed by atoms with van der Waals surface area (Å²) in [6.07, 6.45) is 3.31. The van der Waals surface area contributed by atoms with Crippen molar-refractivity contribution in [2.24, 2.45) is 0 Å². The first kappa shape index (κ1) is 22.8. The number of rotatable bonds is 13. The Hall–Kier alpha value is -1.46. The second-order valence-corrected chi connectivity index (χ2v) is 7.35. The monoisotopic (exact) mass is 425 g/mol. The van der Waals surface area contributed by atoms with Crippen LogP contribution >= 0.6 is 23.2 Å². The lowest BCUT2D eigenvalue weighted by molar-refractivity contribution is 0.129. The van der Waals surface area contributed by atoms with Crippen molar-refractivity contribution in [3.8, 4) is 11.5 Å². The molecule has 0 saturated heterocycles. The van der Waals surface area contributed by atoms with Crippen molar-refractivity contribution >= 4 is 23.2 Å². The van der Waals surface area contributed by atoms with Crippen LogP contribution in [0.25, 0.3) is 0 Å². The van der Waals surface area contributed by atoms with E-state index in [9.17, 15) is 0 Å². The topological polar surface area (TPSA) is 39.7 Å². The summed E-state index contributed by atoms with van der Waals surface area (Å²) in [5, 5.41) is 4.62. The molecule has 0 aliphatic rings. The number of benzene rings is 2. The largest absolute Gasteiger partial charge is 0.493 e. The average Bonchev–Trinajstić information content (AvgIpc) is 2.69. The normalized spacial score (nSPS) is 10.9. The average molecular weight is 426 g/mol. The molecule has 0 heterocycles. The third-order valence-corrected chi connectivity index (χ3v) is 4.83. The molecule has 154 valence electrons. The number of halogens is 2. The highest BCUT2D eigenvalue weighted by Gasteiger charge is 2.08. The fourth-order valence-electron chi connectivity index (χ4n) is 2.62. The quantitative estimate of drug-likeness (QED) is 0.406. The first-order valence-electron chi connectivity index (χ1n) is 9.66.